The third-order valence-electron chi connectivity index (χ3n) is 3.72. The van der Waals surface area contributed by atoms with Gasteiger partial charge in [-0.1, -0.05) is 6.92 Å². The van der Waals surface area contributed by atoms with Crippen LogP contribution in [0, 0.1) is 5.92 Å². The molecule has 6 nitrogen and oxygen atoms in total. The lowest BCUT2D eigenvalue weighted by atomic mass is 9.96. The number of ether oxygens (including phenoxy) is 1. The number of hydrogen-bond acceptors (Lipinski definition) is 4. The van der Waals surface area contributed by atoms with Gasteiger partial charge in [0, 0.05) is 32.7 Å². The van der Waals surface area contributed by atoms with E-state index in [-0.39, 0.29) is 17.7 Å². The standard InChI is InChI=1S/C15H29N3O3/c1-3-7-17-15(20)13-5-9-18(10-6-13)12-14(19)16-8-4-11-21-2/h13H,3-12H2,1-2H3,(H,16,19)(H,17,20). The van der Waals surface area contributed by atoms with Crippen molar-refractivity contribution in [1.29, 1.82) is 0 Å². The monoisotopic (exact) mass is 299 g/mol. The van der Waals surface area contributed by atoms with E-state index in [4.69, 9.17) is 4.74 Å². The smallest absolute Gasteiger partial charge is 0.234 e. The summed E-state index contributed by atoms with van der Waals surface area (Å²) in [5.41, 5.74) is 0. The van der Waals surface area contributed by atoms with Gasteiger partial charge in [-0.3, -0.25) is 14.5 Å². The van der Waals surface area contributed by atoms with Crippen molar-refractivity contribution in [2.24, 2.45) is 5.92 Å². The lowest BCUT2D eigenvalue weighted by Crippen LogP contribution is -2.44. The molecule has 6 heteroatoms. The van der Waals surface area contributed by atoms with Gasteiger partial charge in [0.05, 0.1) is 6.54 Å². The average Bonchev–Trinajstić information content (AvgIpc) is 2.50. The van der Waals surface area contributed by atoms with Crippen molar-refractivity contribution >= 4 is 11.8 Å². The normalized spacial score (nSPS) is 16.7. The molecule has 1 aliphatic rings. The van der Waals surface area contributed by atoms with Crippen molar-refractivity contribution in [3.05, 3.63) is 0 Å². The summed E-state index contributed by atoms with van der Waals surface area (Å²) in [7, 11) is 1.66. The predicted octanol–water partition coefficient (Wildman–Crippen LogP) is 0.377. The van der Waals surface area contributed by atoms with E-state index in [1.807, 2.05) is 6.92 Å². The molecule has 0 aromatic carbocycles. The molecule has 0 spiro atoms. The molecular formula is C15H29N3O3. The molecule has 0 radical (unpaired) electrons. The maximum absolute atomic E-state index is 11.9. The zero-order chi connectivity index (χ0) is 15.5. The Balaban J connectivity index is 2.15. The van der Waals surface area contributed by atoms with Crippen LogP contribution in [-0.2, 0) is 14.3 Å². The van der Waals surface area contributed by atoms with Crippen molar-refractivity contribution in [2.75, 3.05) is 46.4 Å². The summed E-state index contributed by atoms with van der Waals surface area (Å²) in [6, 6.07) is 0. The number of methoxy groups -OCH3 is 1. The second kappa shape index (κ2) is 10.6. The number of carbonyl (C=O) groups is 2. The fraction of sp³-hybridized carbons (Fsp3) is 0.867. The zero-order valence-electron chi connectivity index (χ0n) is 13.3. The molecule has 1 heterocycles. The number of amides is 2. The third-order valence-corrected chi connectivity index (χ3v) is 3.72. The van der Waals surface area contributed by atoms with Gasteiger partial charge < -0.3 is 15.4 Å². The minimum Gasteiger partial charge on any atom is -0.385 e. The molecule has 0 saturated carbocycles. The number of likely N-dealkylation sites (tertiary alicyclic amines) is 1. The highest BCUT2D eigenvalue weighted by Crippen LogP contribution is 2.16. The van der Waals surface area contributed by atoms with Crippen LogP contribution >= 0.6 is 0 Å². The van der Waals surface area contributed by atoms with Crippen LogP contribution in [0.15, 0.2) is 0 Å². The molecule has 0 aromatic rings. The highest BCUT2D eigenvalue weighted by Gasteiger charge is 2.25. The molecule has 1 fully saturated rings. The van der Waals surface area contributed by atoms with Crippen molar-refractivity contribution in [2.45, 2.75) is 32.6 Å². The van der Waals surface area contributed by atoms with Crippen molar-refractivity contribution in [1.82, 2.24) is 15.5 Å². The van der Waals surface area contributed by atoms with Crippen LogP contribution in [0.3, 0.4) is 0 Å². The Kier molecular flexibility index (Phi) is 9.01. The number of nitrogens with zero attached hydrogens (tertiary/aromatic N) is 1. The molecule has 2 amide bonds. The zero-order valence-corrected chi connectivity index (χ0v) is 13.3. The Hall–Kier alpha value is -1.14. The number of carbonyl (C=O) groups excluding carboxylic acids is 2. The van der Waals surface area contributed by atoms with E-state index in [1.165, 1.54) is 0 Å². The van der Waals surface area contributed by atoms with Crippen LogP contribution in [0.1, 0.15) is 32.6 Å². The molecule has 1 saturated heterocycles. The Labute approximate surface area is 127 Å². The first-order valence-corrected chi connectivity index (χ1v) is 7.93. The van der Waals surface area contributed by atoms with Crippen LogP contribution in [0.2, 0.25) is 0 Å². The van der Waals surface area contributed by atoms with E-state index in [2.05, 4.69) is 15.5 Å². The van der Waals surface area contributed by atoms with E-state index in [0.29, 0.717) is 19.7 Å². The van der Waals surface area contributed by atoms with Gasteiger partial charge in [0.25, 0.3) is 0 Å². The molecule has 1 aliphatic heterocycles. The number of nitrogens with one attached hydrogen (secondary N) is 2. The maximum Gasteiger partial charge on any atom is 0.234 e. The largest absolute Gasteiger partial charge is 0.385 e. The van der Waals surface area contributed by atoms with Crippen LogP contribution in [-0.4, -0.2) is 63.2 Å². The van der Waals surface area contributed by atoms with Gasteiger partial charge in [0.15, 0.2) is 0 Å². The summed E-state index contributed by atoms with van der Waals surface area (Å²) in [6.45, 7) is 6.18. The fourth-order valence-corrected chi connectivity index (χ4v) is 2.45. The van der Waals surface area contributed by atoms with Crippen molar-refractivity contribution in [3.63, 3.8) is 0 Å². The van der Waals surface area contributed by atoms with Gasteiger partial charge in [-0.15, -0.1) is 0 Å². The number of rotatable bonds is 9. The SMILES string of the molecule is CCCNC(=O)C1CCN(CC(=O)NCCCOC)CC1. The molecule has 122 valence electrons. The fourth-order valence-electron chi connectivity index (χ4n) is 2.45. The first-order valence-electron chi connectivity index (χ1n) is 7.93. The van der Waals surface area contributed by atoms with Crippen LogP contribution < -0.4 is 10.6 Å². The highest BCUT2D eigenvalue weighted by atomic mass is 16.5. The molecule has 0 aromatic heterocycles. The van der Waals surface area contributed by atoms with E-state index < -0.39 is 0 Å². The lowest BCUT2D eigenvalue weighted by Gasteiger charge is -2.30. The minimum atomic E-state index is 0.0555. The summed E-state index contributed by atoms with van der Waals surface area (Å²) < 4.78 is 4.94. The molecule has 0 bridgehead atoms. The Morgan fingerprint density at radius 2 is 1.90 bits per heavy atom. The quantitative estimate of drug-likeness (QED) is 0.604. The average molecular weight is 299 g/mol. The first kappa shape index (κ1) is 17.9. The molecule has 0 atom stereocenters. The van der Waals surface area contributed by atoms with Gasteiger partial charge in [-0.25, -0.2) is 0 Å². The number of piperidine rings is 1. The Morgan fingerprint density at radius 3 is 2.52 bits per heavy atom. The third kappa shape index (κ3) is 7.43. The van der Waals surface area contributed by atoms with Gasteiger partial charge >= 0.3 is 0 Å². The molecule has 21 heavy (non-hydrogen) atoms. The van der Waals surface area contributed by atoms with Gasteiger partial charge in [-0.05, 0) is 38.8 Å². The maximum atomic E-state index is 11.9. The summed E-state index contributed by atoms with van der Waals surface area (Å²) in [6.07, 6.45) is 3.48. The highest BCUT2D eigenvalue weighted by molar-refractivity contribution is 5.79. The second-order valence-electron chi connectivity index (χ2n) is 5.54. The van der Waals surface area contributed by atoms with Crippen LogP contribution in [0.5, 0.6) is 0 Å². The molecule has 1 rings (SSSR count). The minimum absolute atomic E-state index is 0.0555. The first-order chi connectivity index (χ1) is 10.2. The summed E-state index contributed by atoms with van der Waals surface area (Å²) in [5.74, 6) is 0.332. The van der Waals surface area contributed by atoms with E-state index in [0.717, 1.165) is 45.3 Å². The molecule has 0 aliphatic carbocycles. The Morgan fingerprint density at radius 1 is 1.19 bits per heavy atom. The summed E-state index contributed by atoms with van der Waals surface area (Å²) in [5, 5.41) is 5.84. The second-order valence-corrected chi connectivity index (χ2v) is 5.54. The molecule has 2 N–H and O–H groups in total. The van der Waals surface area contributed by atoms with Gasteiger partial charge in [0.2, 0.25) is 11.8 Å². The van der Waals surface area contributed by atoms with Gasteiger partial charge in [-0.2, -0.15) is 0 Å². The van der Waals surface area contributed by atoms with Crippen molar-refractivity contribution < 1.29 is 14.3 Å². The molecule has 0 unspecified atom stereocenters. The molecular weight excluding hydrogens is 270 g/mol. The van der Waals surface area contributed by atoms with Crippen LogP contribution in [0.4, 0.5) is 0 Å². The Bertz CT molecular complexity index is 315. The summed E-state index contributed by atoms with van der Waals surface area (Å²) in [4.78, 5) is 25.7. The lowest BCUT2D eigenvalue weighted by molar-refractivity contribution is -0.126. The van der Waals surface area contributed by atoms with Gasteiger partial charge in [0.1, 0.15) is 0 Å². The van der Waals surface area contributed by atoms with Crippen LogP contribution in [0.25, 0.3) is 0 Å². The number of hydrogen-bond donors (Lipinski definition) is 2. The topological polar surface area (TPSA) is 70.7 Å². The van der Waals surface area contributed by atoms with E-state index in [1.54, 1.807) is 7.11 Å². The predicted molar refractivity (Wildman–Crippen MR) is 82.0 cm³/mol. The van der Waals surface area contributed by atoms with Crippen molar-refractivity contribution in [3.8, 4) is 0 Å². The summed E-state index contributed by atoms with van der Waals surface area (Å²) >= 11 is 0. The van der Waals surface area contributed by atoms with E-state index in [9.17, 15) is 9.59 Å². The van der Waals surface area contributed by atoms with E-state index >= 15 is 0 Å².